The molecule has 0 spiro atoms. The third-order valence-electron chi connectivity index (χ3n) is 4.05. The molecule has 122 valence electrons. The number of aryl methyl sites for hydroxylation is 2. The van der Waals surface area contributed by atoms with Gasteiger partial charge in [-0.15, -0.1) is 0 Å². The van der Waals surface area contributed by atoms with Crippen LogP contribution < -0.4 is 5.32 Å². The van der Waals surface area contributed by atoms with Crippen molar-refractivity contribution in [2.75, 3.05) is 11.9 Å². The predicted octanol–water partition coefficient (Wildman–Crippen LogP) is 4.15. The Morgan fingerprint density at radius 3 is 2.17 bits per heavy atom. The highest BCUT2D eigenvalue weighted by atomic mass is 16.2. The van der Waals surface area contributed by atoms with Crippen LogP contribution in [0.25, 0.3) is 0 Å². The normalized spacial score (nSPS) is 11.0. The number of amides is 1. The molecule has 0 aliphatic rings. The molecule has 0 saturated carbocycles. The van der Waals surface area contributed by atoms with Gasteiger partial charge in [0.25, 0.3) is 0 Å². The minimum absolute atomic E-state index is 0.0343. The van der Waals surface area contributed by atoms with Crippen molar-refractivity contribution in [3.05, 3.63) is 65.2 Å². The van der Waals surface area contributed by atoms with Crippen LogP contribution in [0.5, 0.6) is 0 Å². The van der Waals surface area contributed by atoms with Crippen molar-refractivity contribution in [2.24, 2.45) is 0 Å². The van der Waals surface area contributed by atoms with Crippen LogP contribution in [0.4, 0.5) is 5.69 Å². The molecule has 0 bridgehead atoms. The molecule has 0 atom stereocenters. The van der Waals surface area contributed by atoms with E-state index in [1.165, 1.54) is 5.56 Å². The molecule has 3 nitrogen and oxygen atoms in total. The first kappa shape index (κ1) is 17.2. The van der Waals surface area contributed by atoms with Gasteiger partial charge in [0.15, 0.2) is 0 Å². The molecule has 3 heteroatoms. The molecule has 0 fully saturated rings. The van der Waals surface area contributed by atoms with Crippen LogP contribution >= 0.6 is 0 Å². The molecule has 0 aromatic heterocycles. The lowest BCUT2D eigenvalue weighted by Gasteiger charge is -2.26. The molecule has 0 unspecified atom stereocenters. The smallest absolute Gasteiger partial charge is 0.238 e. The van der Waals surface area contributed by atoms with Crippen molar-refractivity contribution in [3.8, 4) is 0 Å². The first-order valence-corrected chi connectivity index (χ1v) is 8.11. The Morgan fingerprint density at radius 2 is 1.61 bits per heavy atom. The van der Waals surface area contributed by atoms with Crippen LogP contribution in [0.2, 0.25) is 0 Å². The van der Waals surface area contributed by atoms with Crippen LogP contribution in [-0.4, -0.2) is 23.4 Å². The maximum absolute atomic E-state index is 12.5. The first-order valence-electron chi connectivity index (χ1n) is 8.11. The molecule has 2 aromatic rings. The van der Waals surface area contributed by atoms with E-state index in [-0.39, 0.29) is 5.91 Å². The van der Waals surface area contributed by atoms with Gasteiger partial charge in [-0.3, -0.25) is 9.69 Å². The quantitative estimate of drug-likeness (QED) is 0.869. The minimum Gasteiger partial charge on any atom is -0.324 e. The summed E-state index contributed by atoms with van der Waals surface area (Å²) in [5, 5.41) is 3.07. The minimum atomic E-state index is 0.0343. The molecule has 0 radical (unpaired) electrons. The van der Waals surface area contributed by atoms with Crippen LogP contribution in [0.3, 0.4) is 0 Å². The molecule has 23 heavy (non-hydrogen) atoms. The van der Waals surface area contributed by atoms with E-state index in [2.05, 4.69) is 36.2 Å². The van der Waals surface area contributed by atoms with Gasteiger partial charge in [0.1, 0.15) is 0 Å². The fourth-order valence-corrected chi connectivity index (χ4v) is 2.61. The van der Waals surface area contributed by atoms with Gasteiger partial charge >= 0.3 is 0 Å². The fraction of sp³-hybridized carbons (Fsp3) is 0.350. The summed E-state index contributed by atoms with van der Waals surface area (Å²) in [6, 6.07) is 16.6. The average molecular weight is 310 g/mol. The van der Waals surface area contributed by atoms with E-state index in [0.29, 0.717) is 12.6 Å². The van der Waals surface area contributed by atoms with E-state index >= 15 is 0 Å². The summed E-state index contributed by atoms with van der Waals surface area (Å²) in [7, 11) is 0. The Hall–Kier alpha value is -2.13. The summed E-state index contributed by atoms with van der Waals surface area (Å²) in [5.41, 5.74) is 4.34. The van der Waals surface area contributed by atoms with E-state index in [1.807, 2.05) is 50.2 Å². The van der Waals surface area contributed by atoms with Gasteiger partial charge in [-0.2, -0.15) is 0 Å². The van der Waals surface area contributed by atoms with Gasteiger partial charge in [-0.25, -0.2) is 0 Å². The Kier molecular flexibility index (Phi) is 5.94. The maximum Gasteiger partial charge on any atom is 0.238 e. The molecular weight excluding hydrogens is 284 g/mol. The van der Waals surface area contributed by atoms with Crippen molar-refractivity contribution < 1.29 is 4.79 Å². The Labute approximate surface area is 139 Å². The molecule has 0 heterocycles. The van der Waals surface area contributed by atoms with Crippen molar-refractivity contribution >= 4 is 11.6 Å². The summed E-state index contributed by atoms with van der Waals surface area (Å²) < 4.78 is 0. The van der Waals surface area contributed by atoms with E-state index in [1.54, 1.807) is 0 Å². The van der Waals surface area contributed by atoms with Crippen molar-refractivity contribution in [2.45, 2.75) is 40.3 Å². The summed E-state index contributed by atoms with van der Waals surface area (Å²) in [5.74, 6) is 0.0343. The summed E-state index contributed by atoms with van der Waals surface area (Å²) in [6.07, 6.45) is 0. The van der Waals surface area contributed by atoms with Crippen molar-refractivity contribution in [3.63, 3.8) is 0 Å². The lowest BCUT2D eigenvalue weighted by Crippen LogP contribution is -2.37. The number of carbonyl (C=O) groups excluding carboxylic acids is 1. The van der Waals surface area contributed by atoms with E-state index in [4.69, 9.17) is 0 Å². The maximum atomic E-state index is 12.5. The fourth-order valence-electron chi connectivity index (χ4n) is 2.61. The van der Waals surface area contributed by atoms with Gasteiger partial charge in [0, 0.05) is 18.3 Å². The monoisotopic (exact) mass is 310 g/mol. The summed E-state index contributed by atoms with van der Waals surface area (Å²) in [4.78, 5) is 14.6. The van der Waals surface area contributed by atoms with Crippen molar-refractivity contribution in [1.82, 2.24) is 4.90 Å². The standard InChI is InChI=1S/C20H26N2O/c1-15(2)22(13-18-11-6-5-7-12-18)14-19(23)21-20-16(3)9-8-10-17(20)4/h5-12,15H,13-14H2,1-4H3,(H,21,23). The zero-order valence-electron chi connectivity index (χ0n) is 14.5. The molecule has 0 aliphatic heterocycles. The third kappa shape index (κ3) is 4.93. The zero-order valence-corrected chi connectivity index (χ0v) is 14.5. The van der Waals surface area contributed by atoms with E-state index in [9.17, 15) is 4.79 Å². The van der Waals surface area contributed by atoms with Crippen LogP contribution in [0.1, 0.15) is 30.5 Å². The van der Waals surface area contributed by atoms with Gasteiger partial charge < -0.3 is 5.32 Å². The molecule has 2 aromatic carbocycles. The number of carbonyl (C=O) groups is 1. The Bertz CT molecular complexity index is 630. The Morgan fingerprint density at radius 1 is 1.00 bits per heavy atom. The van der Waals surface area contributed by atoms with Gasteiger partial charge in [-0.05, 0) is 44.4 Å². The number of nitrogens with zero attached hydrogens (tertiary/aromatic N) is 1. The Balaban J connectivity index is 2.04. The SMILES string of the molecule is Cc1cccc(C)c1NC(=O)CN(Cc1ccccc1)C(C)C. The second-order valence-corrected chi connectivity index (χ2v) is 6.30. The van der Waals surface area contributed by atoms with Crippen LogP contribution in [-0.2, 0) is 11.3 Å². The van der Waals surface area contributed by atoms with Gasteiger partial charge in [0.05, 0.1) is 6.54 Å². The largest absolute Gasteiger partial charge is 0.324 e. The summed E-state index contributed by atoms with van der Waals surface area (Å²) in [6.45, 7) is 9.45. The number of para-hydroxylation sites is 1. The van der Waals surface area contributed by atoms with Gasteiger partial charge in [-0.1, -0.05) is 48.5 Å². The number of benzene rings is 2. The third-order valence-corrected chi connectivity index (χ3v) is 4.05. The number of hydrogen-bond acceptors (Lipinski definition) is 2. The van der Waals surface area contributed by atoms with Crippen LogP contribution in [0.15, 0.2) is 48.5 Å². The van der Waals surface area contributed by atoms with Gasteiger partial charge in [0.2, 0.25) is 5.91 Å². The topological polar surface area (TPSA) is 32.3 Å². The first-order chi connectivity index (χ1) is 11.0. The molecule has 0 saturated heterocycles. The second-order valence-electron chi connectivity index (χ2n) is 6.30. The zero-order chi connectivity index (χ0) is 16.8. The summed E-state index contributed by atoms with van der Waals surface area (Å²) >= 11 is 0. The highest BCUT2D eigenvalue weighted by Gasteiger charge is 2.15. The van der Waals surface area contributed by atoms with E-state index < -0.39 is 0 Å². The van der Waals surface area contributed by atoms with Crippen molar-refractivity contribution in [1.29, 1.82) is 0 Å². The van der Waals surface area contributed by atoms with E-state index in [0.717, 1.165) is 23.4 Å². The molecular formula is C20H26N2O. The van der Waals surface area contributed by atoms with Crippen LogP contribution in [0, 0.1) is 13.8 Å². The molecule has 1 amide bonds. The highest BCUT2D eigenvalue weighted by molar-refractivity contribution is 5.93. The number of rotatable bonds is 6. The molecule has 1 N–H and O–H groups in total. The lowest BCUT2D eigenvalue weighted by atomic mass is 10.1. The second kappa shape index (κ2) is 7.93. The number of nitrogens with one attached hydrogen (secondary N) is 1. The highest BCUT2D eigenvalue weighted by Crippen LogP contribution is 2.19. The molecule has 0 aliphatic carbocycles. The predicted molar refractivity (Wildman–Crippen MR) is 96.5 cm³/mol. The average Bonchev–Trinajstić information content (AvgIpc) is 2.51. The number of anilines is 1. The lowest BCUT2D eigenvalue weighted by molar-refractivity contribution is -0.117. The number of hydrogen-bond donors (Lipinski definition) is 1. The molecule has 2 rings (SSSR count).